The molecule has 0 aliphatic heterocycles. The zero-order valence-electron chi connectivity index (χ0n) is 23.9. The number of fused-ring (bicyclic) bond motifs is 3. The molecule has 5 unspecified atom stereocenters. The Morgan fingerprint density at radius 3 is 2.17 bits per heavy atom. The molecule has 0 heterocycles. The molecule has 2 amide bonds. The number of aliphatic hydroxyl groups is 4. The van der Waals surface area contributed by atoms with Crippen molar-refractivity contribution in [2.24, 2.45) is 17.6 Å². The summed E-state index contributed by atoms with van der Waals surface area (Å²) in [6.45, 7) is 4.95. The first-order valence-corrected chi connectivity index (χ1v) is 13.0. The zero-order valence-corrected chi connectivity index (χ0v) is 23.9. The van der Waals surface area contributed by atoms with Crippen LogP contribution < -0.4 is 11.1 Å². The standard InChI is InChI=1S/C28H36N4O9/c1-10-11-8-9-12(30-26(40)27(2,3)32(6)7)19(33)14(11)20(34)15-13(10)21(35)17-18(31(4)5)22(36)16(25(29)39)24(38)28(17,41)23(15)37/h8-10,13,17-18,21,33,35-37,41H,1-7H3,(H2,29,39)(H,30,40)/t10?,13?,17?,18-,21?,28?/m0/s1. The highest BCUT2D eigenvalue weighted by molar-refractivity contribution is 6.25. The number of carbonyl (C=O) groups is 4. The second-order valence-corrected chi connectivity index (χ2v) is 11.9. The van der Waals surface area contributed by atoms with Crippen LogP contribution in [-0.2, 0) is 14.4 Å². The van der Waals surface area contributed by atoms with Crippen molar-refractivity contribution in [1.82, 2.24) is 9.80 Å². The lowest BCUT2D eigenvalue weighted by Gasteiger charge is -2.53. The first-order chi connectivity index (χ1) is 18.8. The van der Waals surface area contributed by atoms with Gasteiger partial charge in [0, 0.05) is 11.5 Å². The summed E-state index contributed by atoms with van der Waals surface area (Å²) < 4.78 is 0. The molecule has 0 fully saturated rings. The molecule has 0 aromatic heterocycles. The molecule has 0 bridgehead atoms. The van der Waals surface area contributed by atoms with Crippen molar-refractivity contribution >= 4 is 29.1 Å². The average Bonchev–Trinajstić information content (AvgIpc) is 2.86. The Bertz CT molecular complexity index is 1440. The summed E-state index contributed by atoms with van der Waals surface area (Å²) in [5.41, 5.74) is -0.216. The number of likely N-dealkylation sites (N-methyl/N-ethyl adjacent to an activating group) is 2. The molecule has 1 aromatic rings. The third kappa shape index (κ3) is 3.98. The van der Waals surface area contributed by atoms with Gasteiger partial charge in [0.15, 0.2) is 17.1 Å². The minimum atomic E-state index is -3.00. The van der Waals surface area contributed by atoms with E-state index in [-0.39, 0.29) is 11.3 Å². The Balaban J connectivity index is 1.93. The fourth-order valence-corrected chi connectivity index (χ4v) is 6.20. The van der Waals surface area contributed by atoms with Crippen molar-refractivity contribution in [2.75, 3.05) is 33.5 Å². The summed E-state index contributed by atoms with van der Waals surface area (Å²) in [4.78, 5) is 55.5. The number of phenols is 1. The van der Waals surface area contributed by atoms with Gasteiger partial charge in [-0.3, -0.25) is 29.0 Å². The smallest absolute Gasteiger partial charge is 0.255 e. The number of hydrogen-bond acceptors (Lipinski definition) is 11. The number of phenolic OH excluding ortho intramolecular Hbond substituents is 1. The van der Waals surface area contributed by atoms with Gasteiger partial charge in [-0.25, -0.2) is 0 Å². The number of nitrogens with one attached hydrogen (secondary N) is 1. The van der Waals surface area contributed by atoms with E-state index >= 15 is 0 Å². The van der Waals surface area contributed by atoms with Gasteiger partial charge in [0.25, 0.3) is 5.91 Å². The molecule has 1 aromatic carbocycles. The number of rotatable bonds is 5. The normalized spacial score (nSPS) is 29.9. The maximum Gasteiger partial charge on any atom is 0.255 e. The number of carbonyl (C=O) groups excluding carboxylic acids is 4. The van der Waals surface area contributed by atoms with Crippen LogP contribution in [0.15, 0.2) is 34.8 Å². The van der Waals surface area contributed by atoms with Crippen LogP contribution in [-0.4, -0.2) is 110 Å². The number of Topliss-reactive ketones (excluding diaryl/α,β-unsaturated/α-hetero) is 2. The van der Waals surface area contributed by atoms with Crippen molar-refractivity contribution in [3.8, 4) is 5.75 Å². The van der Waals surface area contributed by atoms with E-state index in [0.29, 0.717) is 5.56 Å². The van der Waals surface area contributed by atoms with Crippen molar-refractivity contribution in [2.45, 2.75) is 50.0 Å². The average molecular weight is 573 g/mol. The van der Waals surface area contributed by atoms with Crippen LogP contribution in [0, 0.1) is 11.8 Å². The number of primary amides is 1. The molecule has 6 atom stereocenters. The Labute approximate surface area is 236 Å². The van der Waals surface area contributed by atoms with E-state index < -0.39 is 92.8 Å². The summed E-state index contributed by atoms with van der Waals surface area (Å²) in [6, 6.07) is 1.59. The zero-order chi connectivity index (χ0) is 31.1. The molecule has 13 heteroatoms. The third-order valence-corrected chi connectivity index (χ3v) is 9.05. The fraction of sp³-hybridized carbons (Fsp3) is 0.500. The van der Waals surface area contributed by atoms with E-state index in [0.717, 1.165) is 0 Å². The highest BCUT2D eigenvalue weighted by Crippen LogP contribution is 2.56. The van der Waals surface area contributed by atoms with E-state index in [2.05, 4.69) is 5.32 Å². The molecule has 0 spiro atoms. The highest BCUT2D eigenvalue weighted by atomic mass is 16.4. The second kappa shape index (κ2) is 9.65. The molecule has 3 aliphatic carbocycles. The molecule has 0 saturated heterocycles. The van der Waals surface area contributed by atoms with Gasteiger partial charge in [0.1, 0.15) is 17.1 Å². The van der Waals surface area contributed by atoms with Crippen molar-refractivity contribution in [3.05, 3.63) is 45.9 Å². The lowest BCUT2D eigenvalue weighted by molar-refractivity contribution is -0.162. The summed E-state index contributed by atoms with van der Waals surface area (Å²) in [6.07, 6.45) is -1.69. The van der Waals surface area contributed by atoms with E-state index in [1.807, 2.05) is 0 Å². The minimum Gasteiger partial charge on any atom is -0.510 e. The van der Waals surface area contributed by atoms with E-state index in [9.17, 15) is 44.7 Å². The number of amides is 2. The molecule has 3 aliphatic rings. The Kier molecular flexibility index (Phi) is 7.11. The first-order valence-electron chi connectivity index (χ1n) is 13.0. The number of hydrogen-bond donors (Lipinski definition) is 7. The van der Waals surface area contributed by atoms with Crippen molar-refractivity contribution < 1.29 is 44.7 Å². The van der Waals surface area contributed by atoms with Crippen LogP contribution in [0.25, 0.3) is 0 Å². The predicted molar refractivity (Wildman–Crippen MR) is 146 cm³/mol. The first kappa shape index (κ1) is 30.2. The molecule has 8 N–H and O–H groups in total. The van der Waals surface area contributed by atoms with Gasteiger partial charge in [-0.05, 0) is 59.6 Å². The Morgan fingerprint density at radius 2 is 1.66 bits per heavy atom. The number of benzene rings is 1. The summed E-state index contributed by atoms with van der Waals surface area (Å²) in [5.74, 6) is -10.3. The molecule has 222 valence electrons. The van der Waals surface area contributed by atoms with Gasteiger partial charge in [-0.2, -0.15) is 0 Å². The molecule has 0 radical (unpaired) electrons. The number of anilines is 1. The molecule has 13 nitrogen and oxygen atoms in total. The lowest BCUT2D eigenvalue weighted by Crippen LogP contribution is -2.68. The number of aliphatic hydroxyl groups excluding tert-OH is 3. The Morgan fingerprint density at radius 1 is 1.07 bits per heavy atom. The highest BCUT2D eigenvalue weighted by Gasteiger charge is 2.67. The molecular formula is C28H36N4O9. The molecular weight excluding hydrogens is 536 g/mol. The summed E-state index contributed by atoms with van der Waals surface area (Å²) >= 11 is 0. The predicted octanol–water partition coefficient (Wildman–Crippen LogP) is -0.0689. The van der Waals surface area contributed by atoms with Gasteiger partial charge < -0.3 is 36.6 Å². The summed E-state index contributed by atoms with van der Waals surface area (Å²) in [7, 11) is 6.33. The maximum absolute atomic E-state index is 13.9. The van der Waals surface area contributed by atoms with Gasteiger partial charge >= 0.3 is 0 Å². The topological polar surface area (TPSA) is 214 Å². The van der Waals surface area contributed by atoms with E-state index in [4.69, 9.17) is 5.73 Å². The molecule has 4 rings (SSSR count). The van der Waals surface area contributed by atoms with Crippen LogP contribution in [0.5, 0.6) is 5.75 Å². The maximum atomic E-state index is 13.9. The van der Waals surface area contributed by atoms with Crippen molar-refractivity contribution in [3.63, 3.8) is 0 Å². The number of nitrogens with zero attached hydrogens (tertiary/aromatic N) is 2. The van der Waals surface area contributed by atoms with Crippen LogP contribution in [0.3, 0.4) is 0 Å². The SMILES string of the molecule is CC1c2ccc(NC(=O)C(C)(C)N(C)C)c(O)c2C(=O)C2=C(O)C3(O)C(=O)C(C(N)=O)=C(O)[C@@H](N(C)C)C3C(O)C21. The van der Waals surface area contributed by atoms with Gasteiger partial charge in [0.2, 0.25) is 11.7 Å². The lowest BCUT2D eigenvalue weighted by atomic mass is 9.55. The second-order valence-electron chi connectivity index (χ2n) is 11.9. The minimum absolute atomic E-state index is 0.0824. The van der Waals surface area contributed by atoms with Crippen LogP contribution in [0.2, 0.25) is 0 Å². The van der Waals surface area contributed by atoms with Crippen LogP contribution in [0.4, 0.5) is 5.69 Å². The van der Waals surface area contributed by atoms with Crippen molar-refractivity contribution in [1.29, 1.82) is 0 Å². The third-order valence-electron chi connectivity index (χ3n) is 9.05. The largest absolute Gasteiger partial charge is 0.510 e. The van der Waals surface area contributed by atoms with E-state index in [1.165, 1.54) is 31.1 Å². The Hall–Kier alpha value is -3.78. The van der Waals surface area contributed by atoms with Gasteiger partial charge in [0.05, 0.1) is 34.9 Å². The number of aromatic hydroxyl groups is 1. The van der Waals surface area contributed by atoms with E-state index in [1.54, 1.807) is 39.8 Å². The molecule has 0 saturated carbocycles. The number of nitrogens with two attached hydrogens (primary N) is 1. The van der Waals surface area contributed by atoms with Crippen LogP contribution >= 0.6 is 0 Å². The monoisotopic (exact) mass is 572 g/mol. The van der Waals surface area contributed by atoms with Gasteiger partial charge in [-0.15, -0.1) is 0 Å². The quantitative estimate of drug-likeness (QED) is 0.183. The summed E-state index contributed by atoms with van der Waals surface area (Å²) in [5, 5.41) is 59.5. The molecule has 41 heavy (non-hydrogen) atoms. The van der Waals surface area contributed by atoms with Gasteiger partial charge in [-0.1, -0.05) is 13.0 Å². The number of ketones is 2. The fourth-order valence-electron chi connectivity index (χ4n) is 6.20. The van der Waals surface area contributed by atoms with Crippen LogP contribution in [0.1, 0.15) is 42.6 Å².